The Kier molecular flexibility index (Phi) is 4.36. The Morgan fingerprint density at radius 2 is 1.81 bits per heavy atom. The average Bonchev–Trinajstić information content (AvgIpc) is 3.02. The summed E-state index contributed by atoms with van der Waals surface area (Å²) in [7, 11) is 0. The quantitative estimate of drug-likeness (QED) is 0.668. The minimum atomic E-state index is -0.889. The highest BCUT2D eigenvalue weighted by atomic mass is 16.5. The lowest BCUT2D eigenvalue weighted by Gasteiger charge is -2.25. The summed E-state index contributed by atoms with van der Waals surface area (Å²) in [5.41, 5.74) is 2.94. The van der Waals surface area contributed by atoms with Crippen molar-refractivity contribution in [3.63, 3.8) is 0 Å². The maximum Gasteiger partial charge on any atom is 0.357 e. The Bertz CT molecular complexity index is 1030. The lowest BCUT2D eigenvalue weighted by molar-refractivity contribution is -0.126. The summed E-state index contributed by atoms with van der Waals surface area (Å²) in [6.45, 7) is 3.60. The lowest BCUT2D eigenvalue weighted by Crippen LogP contribution is -2.43. The highest BCUT2D eigenvalue weighted by Gasteiger charge is 2.34. The first-order valence-electron chi connectivity index (χ1n) is 9.02. The Hall–Kier alpha value is -3.21. The van der Waals surface area contributed by atoms with Crippen LogP contribution in [0.1, 0.15) is 29.9 Å². The van der Waals surface area contributed by atoms with E-state index in [0.29, 0.717) is 5.52 Å². The third-order valence-electron chi connectivity index (χ3n) is 4.88. The fraction of sp³-hybridized carbons (Fsp3) is 0.227. The van der Waals surface area contributed by atoms with E-state index in [1.54, 1.807) is 17.9 Å². The molecule has 5 heteroatoms. The number of amides is 1. The summed E-state index contributed by atoms with van der Waals surface area (Å²) in [6.07, 6.45) is -0.0891. The minimum absolute atomic E-state index is 0.0369. The van der Waals surface area contributed by atoms with Crippen molar-refractivity contribution in [2.75, 3.05) is 4.90 Å². The van der Waals surface area contributed by atoms with E-state index in [9.17, 15) is 9.59 Å². The largest absolute Gasteiger partial charge is 0.448 e. The van der Waals surface area contributed by atoms with Crippen molar-refractivity contribution in [2.45, 2.75) is 32.4 Å². The number of benzene rings is 2. The normalized spacial score (nSPS) is 16.8. The van der Waals surface area contributed by atoms with Gasteiger partial charge in [0, 0.05) is 17.1 Å². The van der Waals surface area contributed by atoms with Gasteiger partial charge in [-0.15, -0.1) is 0 Å². The zero-order valence-electron chi connectivity index (χ0n) is 15.3. The van der Waals surface area contributed by atoms with Crippen molar-refractivity contribution >= 4 is 28.5 Å². The summed E-state index contributed by atoms with van der Waals surface area (Å²) in [5.74, 6) is -0.816. The number of nitrogens with zero attached hydrogens (tertiary/aromatic N) is 2. The molecule has 0 saturated heterocycles. The highest BCUT2D eigenvalue weighted by molar-refractivity contribution is 6.01. The molecule has 1 aliphatic heterocycles. The average molecular weight is 360 g/mol. The third-order valence-corrected chi connectivity index (χ3v) is 4.88. The predicted molar refractivity (Wildman–Crippen MR) is 104 cm³/mol. The molecule has 1 aliphatic rings. The summed E-state index contributed by atoms with van der Waals surface area (Å²) < 4.78 is 5.43. The molecule has 4 rings (SSSR count). The smallest absolute Gasteiger partial charge is 0.357 e. The van der Waals surface area contributed by atoms with Gasteiger partial charge < -0.3 is 9.64 Å². The molecule has 0 radical (unpaired) electrons. The molecular weight excluding hydrogens is 340 g/mol. The van der Waals surface area contributed by atoms with Gasteiger partial charge in [0.05, 0.1) is 5.52 Å². The van der Waals surface area contributed by atoms with Gasteiger partial charge >= 0.3 is 5.97 Å². The van der Waals surface area contributed by atoms with Crippen LogP contribution in [0.3, 0.4) is 0 Å². The van der Waals surface area contributed by atoms with Crippen molar-refractivity contribution in [3.8, 4) is 0 Å². The standard InChI is InChI=1S/C22H20N2O3/c1-14-13-17-8-4-6-10-20(17)24(14)21(25)15(2)27-22(26)19-12-11-16-7-3-5-9-18(16)23-19/h3-12,14-15H,13H2,1-2H3/t14-,15-/m0/s1. The van der Waals surface area contributed by atoms with E-state index < -0.39 is 12.1 Å². The van der Waals surface area contributed by atoms with Crippen molar-refractivity contribution in [3.05, 3.63) is 71.9 Å². The van der Waals surface area contributed by atoms with Gasteiger partial charge in [-0.3, -0.25) is 4.79 Å². The van der Waals surface area contributed by atoms with E-state index >= 15 is 0 Å². The van der Waals surface area contributed by atoms with Crippen molar-refractivity contribution < 1.29 is 14.3 Å². The lowest BCUT2D eigenvalue weighted by atomic mass is 10.1. The number of carbonyl (C=O) groups is 2. The molecule has 2 heterocycles. The SMILES string of the molecule is C[C@H](OC(=O)c1ccc2ccccc2n1)C(=O)N1c2ccccc2C[C@@H]1C. The van der Waals surface area contributed by atoms with E-state index in [1.165, 1.54) is 0 Å². The Labute approximate surface area is 157 Å². The van der Waals surface area contributed by atoms with Crippen LogP contribution in [-0.4, -0.2) is 29.0 Å². The number of aromatic nitrogens is 1. The zero-order chi connectivity index (χ0) is 19.0. The van der Waals surface area contributed by atoms with Crippen LogP contribution < -0.4 is 4.90 Å². The topological polar surface area (TPSA) is 59.5 Å². The second-order valence-electron chi connectivity index (χ2n) is 6.83. The van der Waals surface area contributed by atoms with E-state index in [0.717, 1.165) is 23.1 Å². The van der Waals surface area contributed by atoms with Crippen molar-refractivity contribution in [2.24, 2.45) is 0 Å². The van der Waals surface area contributed by atoms with Gasteiger partial charge in [-0.25, -0.2) is 9.78 Å². The fourth-order valence-electron chi connectivity index (χ4n) is 3.55. The fourth-order valence-corrected chi connectivity index (χ4v) is 3.55. The summed E-state index contributed by atoms with van der Waals surface area (Å²) >= 11 is 0. The summed E-state index contributed by atoms with van der Waals surface area (Å²) in [4.78, 5) is 31.5. The molecule has 2 atom stereocenters. The zero-order valence-corrected chi connectivity index (χ0v) is 15.3. The van der Waals surface area contributed by atoms with Gasteiger partial charge in [0.25, 0.3) is 5.91 Å². The van der Waals surface area contributed by atoms with Gasteiger partial charge in [0.1, 0.15) is 5.69 Å². The molecule has 136 valence electrons. The second-order valence-corrected chi connectivity index (χ2v) is 6.83. The van der Waals surface area contributed by atoms with Gasteiger partial charge in [0.15, 0.2) is 6.10 Å². The Morgan fingerprint density at radius 1 is 1.07 bits per heavy atom. The molecule has 0 spiro atoms. The second kappa shape index (κ2) is 6.83. The Morgan fingerprint density at radius 3 is 2.67 bits per heavy atom. The number of hydrogen-bond acceptors (Lipinski definition) is 4. The number of ether oxygens (including phenoxy) is 1. The van der Waals surface area contributed by atoms with Crippen molar-refractivity contribution in [1.29, 1.82) is 0 Å². The molecule has 0 unspecified atom stereocenters. The van der Waals surface area contributed by atoms with E-state index in [2.05, 4.69) is 4.98 Å². The van der Waals surface area contributed by atoms with Crippen LogP contribution in [0, 0.1) is 0 Å². The molecule has 0 fully saturated rings. The molecular formula is C22H20N2O3. The van der Waals surface area contributed by atoms with E-state index in [1.807, 2.05) is 61.5 Å². The summed E-state index contributed by atoms with van der Waals surface area (Å²) in [5, 5.41) is 0.945. The van der Waals surface area contributed by atoms with Crippen LogP contribution >= 0.6 is 0 Å². The predicted octanol–water partition coefficient (Wildman–Crippen LogP) is 3.76. The molecule has 3 aromatic rings. The van der Waals surface area contributed by atoms with Gasteiger partial charge in [-0.05, 0) is 44.0 Å². The van der Waals surface area contributed by atoms with E-state index in [-0.39, 0.29) is 17.6 Å². The van der Waals surface area contributed by atoms with Gasteiger partial charge in [0.2, 0.25) is 0 Å². The van der Waals surface area contributed by atoms with Crippen LogP contribution in [0.25, 0.3) is 10.9 Å². The summed E-state index contributed by atoms with van der Waals surface area (Å²) in [6, 6.07) is 18.8. The molecule has 0 bridgehead atoms. The number of carbonyl (C=O) groups excluding carboxylic acids is 2. The number of esters is 1. The third kappa shape index (κ3) is 3.16. The van der Waals surface area contributed by atoms with Gasteiger partial charge in [-0.2, -0.15) is 0 Å². The van der Waals surface area contributed by atoms with E-state index in [4.69, 9.17) is 4.74 Å². The molecule has 0 N–H and O–H groups in total. The molecule has 5 nitrogen and oxygen atoms in total. The van der Waals surface area contributed by atoms with Crippen LogP contribution in [0.5, 0.6) is 0 Å². The number of para-hydroxylation sites is 2. The number of fused-ring (bicyclic) bond motifs is 2. The molecule has 2 aromatic carbocycles. The number of rotatable bonds is 3. The van der Waals surface area contributed by atoms with Crippen LogP contribution in [-0.2, 0) is 16.0 Å². The number of anilines is 1. The monoisotopic (exact) mass is 360 g/mol. The first kappa shape index (κ1) is 17.2. The van der Waals surface area contributed by atoms with Crippen LogP contribution in [0.15, 0.2) is 60.7 Å². The van der Waals surface area contributed by atoms with Crippen LogP contribution in [0.4, 0.5) is 5.69 Å². The first-order valence-corrected chi connectivity index (χ1v) is 9.02. The van der Waals surface area contributed by atoms with Crippen LogP contribution in [0.2, 0.25) is 0 Å². The molecule has 0 aliphatic carbocycles. The molecule has 1 amide bonds. The number of pyridine rings is 1. The van der Waals surface area contributed by atoms with Crippen molar-refractivity contribution in [1.82, 2.24) is 4.98 Å². The Balaban J connectivity index is 1.52. The maximum absolute atomic E-state index is 12.9. The maximum atomic E-state index is 12.9. The minimum Gasteiger partial charge on any atom is -0.448 e. The first-order chi connectivity index (χ1) is 13.0. The highest BCUT2D eigenvalue weighted by Crippen LogP contribution is 2.32. The number of hydrogen-bond donors (Lipinski definition) is 0. The molecule has 1 aromatic heterocycles. The van der Waals surface area contributed by atoms with Gasteiger partial charge in [-0.1, -0.05) is 42.5 Å². The molecule has 0 saturated carbocycles. The molecule has 27 heavy (non-hydrogen) atoms.